The summed E-state index contributed by atoms with van der Waals surface area (Å²) in [4.78, 5) is 18.1. The molecular formula is C17H19N5O. The number of rotatable bonds is 6. The Morgan fingerprint density at radius 1 is 1.17 bits per heavy atom. The van der Waals surface area contributed by atoms with Gasteiger partial charge in [-0.25, -0.2) is 4.98 Å². The van der Waals surface area contributed by atoms with E-state index in [-0.39, 0.29) is 5.91 Å². The first-order chi connectivity index (χ1) is 11.1. The van der Waals surface area contributed by atoms with Crippen LogP contribution >= 0.6 is 0 Å². The maximum atomic E-state index is 11.9. The zero-order valence-electron chi connectivity index (χ0n) is 13.2. The summed E-state index contributed by atoms with van der Waals surface area (Å²) in [5.41, 5.74) is 2.63. The monoisotopic (exact) mass is 309 g/mol. The molecule has 2 N–H and O–H groups in total. The van der Waals surface area contributed by atoms with E-state index in [4.69, 9.17) is 5.26 Å². The topological polar surface area (TPSA) is 81.0 Å². The Balaban J connectivity index is 1.93. The molecule has 2 aromatic rings. The number of hydrogen-bond acceptors (Lipinski definition) is 5. The van der Waals surface area contributed by atoms with Gasteiger partial charge in [-0.15, -0.1) is 0 Å². The molecule has 0 saturated heterocycles. The number of nitrogens with one attached hydrogen (secondary N) is 2. The van der Waals surface area contributed by atoms with Gasteiger partial charge in [-0.05, 0) is 50.5 Å². The molecule has 1 amide bonds. The lowest BCUT2D eigenvalue weighted by molar-refractivity contribution is 0.0946. The summed E-state index contributed by atoms with van der Waals surface area (Å²) < 4.78 is 0. The minimum absolute atomic E-state index is 0.184. The summed E-state index contributed by atoms with van der Waals surface area (Å²) in [7, 11) is 3.90. The van der Waals surface area contributed by atoms with Gasteiger partial charge in [0.15, 0.2) is 0 Å². The van der Waals surface area contributed by atoms with Crippen molar-refractivity contribution in [2.24, 2.45) is 0 Å². The minimum atomic E-state index is -0.184. The number of aromatic nitrogens is 1. The molecule has 118 valence electrons. The number of likely N-dealkylation sites (N-methyl/N-ethyl adjacent to an activating group) is 1. The van der Waals surface area contributed by atoms with Gasteiger partial charge in [0.1, 0.15) is 5.69 Å². The van der Waals surface area contributed by atoms with Crippen molar-refractivity contribution in [1.29, 1.82) is 5.26 Å². The van der Waals surface area contributed by atoms with Crippen molar-refractivity contribution >= 4 is 17.3 Å². The van der Waals surface area contributed by atoms with Crippen LogP contribution in [0.5, 0.6) is 0 Å². The van der Waals surface area contributed by atoms with Gasteiger partial charge in [0.05, 0.1) is 23.5 Å². The molecule has 6 nitrogen and oxygen atoms in total. The van der Waals surface area contributed by atoms with E-state index >= 15 is 0 Å². The lowest BCUT2D eigenvalue weighted by atomic mass is 10.2. The molecule has 0 fully saturated rings. The van der Waals surface area contributed by atoms with Crippen molar-refractivity contribution < 1.29 is 4.79 Å². The number of nitriles is 1. The minimum Gasteiger partial charge on any atom is -0.354 e. The van der Waals surface area contributed by atoms with Crippen LogP contribution in [0.4, 0.5) is 11.4 Å². The second-order valence-corrected chi connectivity index (χ2v) is 5.31. The summed E-state index contributed by atoms with van der Waals surface area (Å²) >= 11 is 0. The average molecular weight is 309 g/mol. The van der Waals surface area contributed by atoms with Crippen molar-refractivity contribution in [2.75, 3.05) is 32.5 Å². The number of nitrogens with zero attached hydrogens (tertiary/aromatic N) is 3. The number of amides is 1. The normalized spacial score (nSPS) is 10.2. The lowest BCUT2D eigenvalue weighted by Gasteiger charge is -2.10. The zero-order valence-corrected chi connectivity index (χ0v) is 13.2. The van der Waals surface area contributed by atoms with Gasteiger partial charge in [-0.1, -0.05) is 0 Å². The highest BCUT2D eigenvalue weighted by molar-refractivity contribution is 5.92. The predicted molar refractivity (Wildman–Crippen MR) is 89.6 cm³/mol. The SMILES string of the molecule is CN(C)CCNC(=O)c1ccc(Nc2ccc(C#N)cc2)cn1. The number of carbonyl (C=O) groups excluding carboxylic acids is 1. The molecular weight excluding hydrogens is 290 g/mol. The van der Waals surface area contributed by atoms with Crippen molar-refractivity contribution in [2.45, 2.75) is 0 Å². The maximum absolute atomic E-state index is 11.9. The third kappa shape index (κ3) is 5.09. The first kappa shape index (κ1) is 16.5. The summed E-state index contributed by atoms with van der Waals surface area (Å²) in [6.07, 6.45) is 1.61. The zero-order chi connectivity index (χ0) is 16.7. The predicted octanol–water partition coefficient (Wildman–Crippen LogP) is 1.99. The first-order valence-electron chi connectivity index (χ1n) is 7.24. The molecule has 0 aliphatic rings. The molecule has 0 bridgehead atoms. The molecule has 0 radical (unpaired) electrons. The highest BCUT2D eigenvalue weighted by Crippen LogP contribution is 2.16. The largest absolute Gasteiger partial charge is 0.354 e. The second-order valence-electron chi connectivity index (χ2n) is 5.31. The fraction of sp³-hybridized carbons (Fsp3) is 0.235. The highest BCUT2D eigenvalue weighted by Gasteiger charge is 2.06. The molecule has 0 spiro atoms. The lowest BCUT2D eigenvalue weighted by Crippen LogP contribution is -2.31. The molecule has 6 heteroatoms. The van der Waals surface area contributed by atoms with Gasteiger partial charge in [0.25, 0.3) is 5.91 Å². The molecule has 0 unspecified atom stereocenters. The molecule has 0 aliphatic carbocycles. The molecule has 1 aromatic heterocycles. The quantitative estimate of drug-likeness (QED) is 0.853. The molecule has 0 atom stereocenters. The van der Waals surface area contributed by atoms with Gasteiger partial charge in [0.2, 0.25) is 0 Å². The van der Waals surface area contributed by atoms with Gasteiger partial charge in [-0.3, -0.25) is 4.79 Å². The van der Waals surface area contributed by atoms with E-state index < -0.39 is 0 Å². The van der Waals surface area contributed by atoms with E-state index in [0.29, 0.717) is 17.8 Å². The molecule has 1 heterocycles. The maximum Gasteiger partial charge on any atom is 0.269 e. The third-order valence-electron chi connectivity index (χ3n) is 3.14. The Labute approximate surface area is 135 Å². The Bertz CT molecular complexity index is 686. The van der Waals surface area contributed by atoms with Crippen LogP contribution in [0.15, 0.2) is 42.6 Å². The van der Waals surface area contributed by atoms with Crippen LogP contribution in [-0.2, 0) is 0 Å². The third-order valence-corrected chi connectivity index (χ3v) is 3.14. The molecule has 0 saturated carbocycles. The molecule has 23 heavy (non-hydrogen) atoms. The van der Waals surface area contributed by atoms with Crippen LogP contribution in [0.25, 0.3) is 0 Å². The Kier molecular flexibility index (Phi) is 5.67. The second kappa shape index (κ2) is 7.92. The van der Waals surface area contributed by atoms with E-state index in [1.54, 1.807) is 30.5 Å². The highest BCUT2D eigenvalue weighted by atomic mass is 16.1. The molecule has 1 aromatic carbocycles. The van der Waals surface area contributed by atoms with Gasteiger partial charge in [-0.2, -0.15) is 5.26 Å². The Hall–Kier alpha value is -2.91. The summed E-state index contributed by atoms with van der Waals surface area (Å²) in [5.74, 6) is -0.184. The van der Waals surface area contributed by atoms with Crippen LogP contribution in [0.2, 0.25) is 0 Å². The van der Waals surface area contributed by atoms with E-state index in [1.807, 2.05) is 31.1 Å². The van der Waals surface area contributed by atoms with Gasteiger partial charge < -0.3 is 15.5 Å². The van der Waals surface area contributed by atoms with Crippen LogP contribution in [0, 0.1) is 11.3 Å². The fourth-order valence-electron chi connectivity index (χ4n) is 1.88. The molecule has 2 rings (SSSR count). The number of pyridine rings is 1. The summed E-state index contributed by atoms with van der Waals surface area (Å²) in [6, 6.07) is 12.7. The summed E-state index contributed by atoms with van der Waals surface area (Å²) in [6.45, 7) is 1.36. The first-order valence-corrected chi connectivity index (χ1v) is 7.24. The smallest absolute Gasteiger partial charge is 0.269 e. The van der Waals surface area contributed by atoms with E-state index in [1.165, 1.54) is 0 Å². The van der Waals surface area contributed by atoms with Gasteiger partial charge >= 0.3 is 0 Å². The van der Waals surface area contributed by atoms with E-state index in [2.05, 4.69) is 21.7 Å². The number of hydrogen-bond donors (Lipinski definition) is 2. The van der Waals surface area contributed by atoms with Crippen molar-refractivity contribution in [3.8, 4) is 6.07 Å². The van der Waals surface area contributed by atoms with Crippen LogP contribution in [0.3, 0.4) is 0 Å². The van der Waals surface area contributed by atoms with Gasteiger partial charge in [0, 0.05) is 18.8 Å². The van der Waals surface area contributed by atoms with Crippen molar-refractivity contribution in [1.82, 2.24) is 15.2 Å². The van der Waals surface area contributed by atoms with Crippen LogP contribution in [-0.4, -0.2) is 43.0 Å². The van der Waals surface area contributed by atoms with Crippen LogP contribution < -0.4 is 10.6 Å². The van der Waals surface area contributed by atoms with E-state index in [0.717, 1.165) is 17.9 Å². The average Bonchev–Trinajstić information content (AvgIpc) is 2.56. The van der Waals surface area contributed by atoms with E-state index in [9.17, 15) is 4.79 Å². The Morgan fingerprint density at radius 2 is 1.87 bits per heavy atom. The number of benzene rings is 1. The standard InChI is InChI=1S/C17H19N5O/c1-22(2)10-9-19-17(23)16-8-7-15(12-20-16)21-14-5-3-13(11-18)4-6-14/h3-8,12,21H,9-10H2,1-2H3,(H,19,23). The number of carbonyl (C=O) groups is 1. The van der Waals surface area contributed by atoms with Crippen molar-refractivity contribution in [3.05, 3.63) is 53.9 Å². The van der Waals surface area contributed by atoms with Crippen LogP contribution in [0.1, 0.15) is 16.1 Å². The van der Waals surface area contributed by atoms with Crippen molar-refractivity contribution in [3.63, 3.8) is 0 Å². The Morgan fingerprint density at radius 3 is 2.43 bits per heavy atom. The number of anilines is 2. The molecule has 0 aliphatic heterocycles. The summed E-state index contributed by atoms with van der Waals surface area (Å²) in [5, 5.41) is 14.8. The fourth-order valence-corrected chi connectivity index (χ4v) is 1.88.